The minimum absolute atomic E-state index is 0.0618. The molecule has 0 unspecified atom stereocenters. The number of benzene rings is 1. The van der Waals surface area contributed by atoms with Gasteiger partial charge in [-0.15, -0.1) is 0 Å². The molecule has 0 bridgehead atoms. The Hall–Kier alpha value is -2.81. The molecule has 2 aromatic rings. The summed E-state index contributed by atoms with van der Waals surface area (Å²) in [5, 5.41) is 0. The lowest BCUT2D eigenvalue weighted by Gasteiger charge is -2.24. The molecule has 6 nitrogen and oxygen atoms in total. The van der Waals surface area contributed by atoms with Gasteiger partial charge in [0, 0.05) is 24.7 Å². The Labute approximate surface area is 166 Å². The third-order valence-electron chi connectivity index (χ3n) is 4.23. The molecule has 2 heterocycles. The molecule has 1 amide bonds. The number of hydrogen-bond donors (Lipinski definition) is 0. The van der Waals surface area contributed by atoms with Gasteiger partial charge in [0.15, 0.2) is 11.5 Å². The van der Waals surface area contributed by atoms with Crippen LogP contribution in [0.2, 0.25) is 0 Å². The minimum Gasteiger partial charge on any atom is -0.487 e. The number of halogens is 3. The third-order valence-corrected chi connectivity index (χ3v) is 4.23. The highest BCUT2D eigenvalue weighted by Gasteiger charge is 2.29. The molecule has 9 heteroatoms. The van der Waals surface area contributed by atoms with Crippen molar-refractivity contribution in [1.29, 1.82) is 0 Å². The van der Waals surface area contributed by atoms with Gasteiger partial charge in [0.1, 0.15) is 6.61 Å². The first-order valence-electron chi connectivity index (χ1n) is 9.18. The number of carbonyl (C=O) groups is 1. The summed E-state index contributed by atoms with van der Waals surface area (Å²) in [4.78, 5) is 18.0. The van der Waals surface area contributed by atoms with E-state index in [2.05, 4.69) is 4.98 Å². The molecule has 3 rings (SSSR count). The molecule has 0 N–H and O–H groups in total. The lowest BCUT2D eigenvalue weighted by atomic mass is 10.2. The van der Waals surface area contributed by atoms with Crippen molar-refractivity contribution in [2.45, 2.75) is 25.6 Å². The van der Waals surface area contributed by atoms with E-state index in [9.17, 15) is 18.0 Å². The monoisotopic (exact) mass is 410 g/mol. The van der Waals surface area contributed by atoms with Gasteiger partial charge in [0.2, 0.25) is 11.8 Å². The number of pyridine rings is 1. The molecule has 156 valence electrons. The minimum atomic E-state index is -4.39. The van der Waals surface area contributed by atoms with Gasteiger partial charge in [0.05, 0.1) is 26.2 Å². The van der Waals surface area contributed by atoms with Crippen molar-refractivity contribution >= 4 is 5.91 Å². The number of amides is 1. The van der Waals surface area contributed by atoms with Crippen LogP contribution < -0.4 is 9.47 Å². The molecule has 0 radical (unpaired) electrons. The van der Waals surface area contributed by atoms with Gasteiger partial charge in [-0.25, -0.2) is 4.98 Å². The van der Waals surface area contributed by atoms with Gasteiger partial charge in [-0.3, -0.25) is 4.79 Å². The van der Waals surface area contributed by atoms with E-state index in [1.807, 2.05) is 6.07 Å². The van der Waals surface area contributed by atoms with Gasteiger partial charge in [-0.2, -0.15) is 13.2 Å². The number of fused-ring (bicyclic) bond motifs is 2. The van der Waals surface area contributed by atoms with Crippen molar-refractivity contribution < 1.29 is 32.2 Å². The molecule has 1 aliphatic heterocycles. The molecule has 1 aromatic heterocycles. The van der Waals surface area contributed by atoms with E-state index in [1.165, 1.54) is 4.90 Å². The predicted octanol–water partition coefficient (Wildman–Crippen LogP) is 3.95. The fourth-order valence-corrected chi connectivity index (χ4v) is 2.79. The summed E-state index contributed by atoms with van der Waals surface area (Å²) >= 11 is 0. The van der Waals surface area contributed by atoms with E-state index >= 15 is 0 Å². The maximum absolute atomic E-state index is 12.5. The number of carbonyl (C=O) groups excluding carboxylic acids is 1. The van der Waals surface area contributed by atoms with E-state index in [0.717, 1.165) is 0 Å². The number of para-hydroxylation sites is 2. The Kier molecular flexibility index (Phi) is 6.92. The van der Waals surface area contributed by atoms with Crippen LogP contribution in [0.25, 0.3) is 0 Å². The Bertz CT molecular complexity index is 829. The number of nitrogens with zero attached hydrogens (tertiary/aromatic N) is 2. The summed E-state index contributed by atoms with van der Waals surface area (Å²) in [5.74, 6) is 0.622. The smallest absolute Gasteiger partial charge is 0.389 e. The molecular weight excluding hydrogens is 389 g/mol. The zero-order valence-corrected chi connectivity index (χ0v) is 15.7. The van der Waals surface area contributed by atoms with Crippen molar-refractivity contribution in [2.75, 3.05) is 26.4 Å². The number of aromatic nitrogens is 1. The summed E-state index contributed by atoms with van der Waals surface area (Å²) in [5.41, 5.74) is 0.571. The van der Waals surface area contributed by atoms with Crippen molar-refractivity contribution in [3.63, 3.8) is 0 Å². The second-order valence-corrected chi connectivity index (χ2v) is 6.41. The first-order chi connectivity index (χ1) is 13.9. The lowest BCUT2D eigenvalue weighted by molar-refractivity contribution is -0.149. The van der Waals surface area contributed by atoms with E-state index in [4.69, 9.17) is 14.2 Å². The highest BCUT2D eigenvalue weighted by molar-refractivity contribution is 5.76. The highest BCUT2D eigenvalue weighted by Crippen LogP contribution is 2.32. The summed E-state index contributed by atoms with van der Waals surface area (Å²) in [6.45, 7) is 0.922. The van der Waals surface area contributed by atoms with Crippen LogP contribution in [0.3, 0.4) is 0 Å². The molecule has 0 atom stereocenters. The summed E-state index contributed by atoms with van der Waals surface area (Å²) < 4.78 is 54.7. The number of hydrogen-bond acceptors (Lipinski definition) is 5. The average Bonchev–Trinajstić information content (AvgIpc) is 2.70. The quantitative estimate of drug-likeness (QED) is 0.750. The van der Waals surface area contributed by atoms with Crippen LogP contribution in [0, 0.1) is 0 Å². The normalized spacial score (nSPS) is 15.5. The van der Waals surface area contributed by atoms with Crippen molar-refractivity contribution in [3.8, 4) is 17.4 Å². The third kappa shape index (κ3) is 6.35. The summed E-state index contributed by atoms with van der Waals surface area (Å²) in [7, 11) is 0. The van der Waals surface area contributed by atoms with Crippen LogP contribution >= 0.6 is 0 Å². The molecule has 0 saturated carbocycles. The second-order valence-electron chi connectivity index (χ2n) is 6.41. The van der Waals surface area contributed by atoms with Gasteiger partial charge in [-0.1, -0.05) is 18.2 Å². The molecule has 0 aliphatic carbocycles. The zero-order valence-electron chi connectivity index (χ0n) is 15.7. The molecule has 0 fully saturated rings. The molecule has 29 heavy (non-hydrogen) atoms. The summed E-state index contributed by atoms with van der Waals surface area (Å²) in [6, 6.07) is 10.5. The van der Waals surface area contributed by atoms with Gasteiger partial charge in [0.25, 0.3) is 0 Å². The van der Waals surface area contributed by atoms with Crippen molar-refractivity contribution in [3.05, 3.63) is 48.2 Å². The summed E-state index contributed by atoms with van der Waals surface area (Å²) in [6.07, 6.45) is -4.63. The topological polar surface area (TPSA) is 60.9 Å². The van der Waals surface area contributed by atoms with E-state index in [0.29, 0.717) is 17.1 Å². The Morgan fingerprint density at radius 2 is 1.86 bits per heavy atom. The molecule has 0 saturated heterocycles. The molecule has 1 aromatic carbocycles. The fourth-order valence-electron chi connectivity index (χ4n) is 2.79. The first kappa shape index (κ1) is 20.9. The van der Waals surface area contributed by atoms with Crippen molar-refractivity contribution in [1.82, 2.24) is 9.88 Å². The second kappa shape index (κ2) is 9.60. The number of alkyl halides is 3. The van der Waals surface area contributed by atoms with Gasteiger partial charge in [-0.05, 0) is 18.2 Å². The maximum atomic E-state index is 12.5. The van der Waals surface area contributed by atoms with E-state index in [-0.39, 0.29) is 38.8 Å². The van der Waals surface area contributed by atoms with E-state index in [1.54, 1.807) is 36.5 Å². The zero-order chi connectivity index (χ0) is 20.7. The largest absolute Gasteiger partial charge is 0.487 e. The number of ether oxygens (including phenoxy) is 3. The predicted molar refractivity (Wildman–Crippen MR) is 97.8 cm³/mol. The van der Waals surface area contributed by atoms with Crippen LogP contribution in [0.15, 0.2) is 42.6 Å². The molecular formula is C20H21F3N2O4. The van der Waals surface area contributed by atoms with Crippen LogP contribution in [0.4, 0.5) is 13.2 Å². The Balaban J connectivity index is 1.84. The Morgan fingerprint density at radius 1 is 1.07 bits per heavy atom. The maximum Gasteiger partial charge on any atom is 0.389 e. The van der Waals surface area contributed by atoms with Crippen LogP contribution in [0.5, 0.6) is 17.4 Å². The Morgan fingerprint density at radius 3 is 2.66 bits per heavy atom. The number of rotatable bonds is 2. The lowest BCUT2D eigenvalue weighted by Crippen LogP contribution is -2.34. The van der Waals surface area contributed by atoms with Crippen LogP contribution in [-0.4, -0.2) is 48.3 Å². The highest BCUT2D eigenvalue weighted by atomic mass is 19.4. The van der Waals surface area contributed by atoms with Crippen LogP contribution in [-0.2, 0) is 16.1 Å². The van der Waals surface area contributed by atoms with Gasteiger partial charge < -0.3 is 19.1 Å². The standard InChI is InChI=1S/C20H21F3N2O4/c21-20(22,23)8-7-18(26)25-10-11-27-12-13-28-16-5-1-2-6-17(16)29-19-15(14-25)4-3-9-24-19/h1-6,9H,7-8,10-14H2. The van der Waals surface area contributed by atoms with E-state index < -0.39 is 24.9 Å². The van der Waals surface area contributed by atoms with Crippen molar-refractivity contribution in [2.24, 2.45) is 0 Å². The first-order valence-corrected chi connectivity index (χ1v) is 9.18. The van der Waals surface area contributed by atoms with Crippen LogP contribution in [0.1, 0.15) is 18.4 Å². The molecule has 1 aliphatic rings. The SMILES string of the molecule is O=C(CCC(F)(F)F)N1CCOCCOc2ccccc2Oc2ncccc2C1. The average molecular weight is 410 g/mol. The fraction of sp³-hybridized carbons (Fsp3) is 0.400. The molecule has 0 spiro atoms. The van der Waals surface area contributed by atoms with Gasteiger partial charge >= 0.3 is 6.18 Å².